The molecule has 3 rings (SSSR count). The van der Waals surface area contributed by atoms with Crippen LogP contribution in [0, 0.1) is 13.8 Å². The molecule has 1 aromatic carbocycles. The van der Waals surface area contributed by atoms with E-state index in [4.69, 9.17) is 0 Å². The first-order chi connectivity index (χ1) is 11.6. The van der Waals surface area contributed by atoms with Gasteiger partial charge in [0.1, 0.15) is 5.69 Å². The Balaban J connectivity index is 1.71. The summed E-state index contributed by atoms with van der Waals surface area (Å²) in [5.41, 5.74) is 4.86. The minimum absolute atomic E-state index is 0.0773. The van der Waals surface area contributed by atoms with E-state index in [2.05, 4.69) is 35.5 Å². The van der Waals surface area contributed by atoms with Crippen molar-refractivity contribution in [2.24, 2.45) is 0 Å². The zero-order valence-corrected chi connectivity index (χ0v) is 14.4. The second-order valence-corrected chi connectivity index (χ2v) is 6.61. The molecule has 0 atom stereocenters. The van der Waals surface area contributed by atoms with Crippen molar-refractivity contribution in [1.29, 1.82) is 0 Å². The Morgan fingerprint density at radius 3 is 2.71 bits per heavy atom. The lowest BCUT2D eigenvalue weighted by Crippen LogP contribution is -2.36. The largest absolute Gasteiger partial charge is 0.355 e. The number of hydrogen-bond donors (Lipinski definition) is 2. The number of benzene rings is 1. The van der Waals surface area contributed by atoms with Crippen LogP contribution in [0.1, 0.15) is 53.7 Å². The molecule has 1 fully saturated rings. The van der Waals surface area contributed by atoms with Gasteiger partial charge >= 0.3 is 0 Å². The number of rotatable bonds is 4. The third kappa shape index (κ3) is 3.94. The fraction of sp³-hybridized carbons (Fsp3) is 0.400. The third-order valence-corrected chi connectivity index (χ3v) is 4.82. The minimum Gasteiger partial charge on any atom is -0.355 e. The highest BCUT2D eigenvalue weighted by Crippen LogP contribution is 2.23. The standard InChI is InChI=1S/C20H25N3O/c1-14-7-6-10-18(15(14)2)22-17-11-12-21-19(13-17)20(24)23-16-8-4-3-5-9-16/h6-7,10-13,16H,3-5,8-9H2,1-2H3,(H,21,22)(H,23,24). The maximum absolute atomic E-state index is 12.4. The third-order valence-electron chi connectivity index (χ3n) is 4.82. The number of carbonyl (C=O) groups is 1. The summed E-state index contributed by atoms with van der Waals surface area (Å²) in [5, 5.41) is 6.51. The van der Waals surface area contributed by atoms with E-state index in [0.717, 1.165) is 24.2 Å². The summed E-state index contributed by atoms with van der Waals surface area (Å²) in [6.07, 6.45) is 7.51. The maximum Gasteiger partial charge on any atom is 0.270 e. The molecule has 1 aromatic heterocycles. The quantitative estimate of drug-likeness (QED) is 0.870. The summed E-state index contributed by atoms with van der Waals surface area (Å²) in [5.74, 6) is -0.0773. The van der Waals surface area contributed by atoms with Gasteiger partial charge in [0, 0.05) is 23.6 Å². The molecule has 1 heterocycles. The van der Waals surface area contributed by atoms with Crippen LogP contribution in [0.15, 0.2) is 36.5 Å². The molecule has 1 aliphatic carbocycles. The monoisotopic (exact) mass is 323 g/mol. The highest BCUT2D eigenvalue weighted by atomic mass is 16.1. The van der Waals surface area contributed by atoms with Gasteiger partial charge in [0.15, 0.2) is 0 Å². The number of pyridine rings is 1. The van der Waals surface area contributed by atoms with Crippen LogP contribution in [0.2, 0.25) is 0 Å². The van der Waals surface area contributed by atoms with Gasteiger partial charge in [-0.3, -0.25) is 9.78 Å². The van der Waals surface area contributed by atoms with Gasteiger partial charge < -0.3 is 10.6 Å². The fourth-order valence-corrected chi connectivity index (χ4v) is 3.18. The number of aromatic nitrogens is 1. The molecule has 1 amide bonds. The highest BCUT2D eigenvalue weighted by Gasteiger charge is 2.17. The van der Waals surface area contributed by atoms with Crippen molar-refractivity contribution in [1.82, 2.24) is 10.3 Å². The molecule has 24 heavy (non-hydrogen) atoms. The van der Waals surface area contributed by atoms with Crippen molar-refractivity contribution in [3.63, 3.8) is 0 Å². The number of hydrogen-bond acceptors (Lipinski definition) is 3. The molecular weight excluding hydrogens is 298 g/mol. The maximum atomic E-state index is 12.4. The summed E-state index contributed by atoms with van der Waals surface area (Å²) < 4.78 is 0. The first-order valence-electron chi connectivity index (χ1n) is 8.73. The fourth-order valence-electron chi connectivity index (χ4n) is 3.18. The SMILES string of the molecule is Cc1cccc(Nc2ccnc(C(=O)NC3CCCCC3)c2)c1C. The Hall–Kier alpha value is -2.36. The van der Waals surface area contributed by atoms with E-state index in [-0.39, 0.29) is 5.91 Å². The molecule has 0 saturated heterocycles. The number of amides is 1. The number of nitrogens with one attached hydrogen (secondary N) is 2. The molecule has 1 saturated carbocycles. The summed E-state index contributed by atoms with van der Waals surface area (Å²) in [6.45, 7) is 4.19. The van der Waals surface area contributed by atoms with Crippen LogP contribution in [0.5, 0.6) is 0 Å². The molecule has 0 unspecified atom stereocenters. The Labute approximate surface area is 143 Å². The molecule has 4 heteroatoms. The van der Waals surface area contributed by atoms with Crippen molar-refractivity contribution < 1.29 is 4.79 Å². The summed E-state index contributed by atoms with van der Waals surface area (Å²) in [4.78, 5) is 16.7. The van der Waals surface area contributed by atoms with Gasteiger partial charge in [-0.1, -0.05) is 31.4 Å². The normalized spacial score (nSPS) is 15.1. The molecule has 0 aliphatic heterocycles. The first-order valence-corrected chi connectivity index (χ1v) is 8.73. The molecular formula is C20H25N3O. The van der Waals surface area contributed by atoms with Gasteiger partial charge in [-0.25, -0.2) is 0 Å². The number of anilines is 2. The second kappa shape index (κ2) is 7.47. The zero-order valence-electron chi connectivity index (χ0n) is 14.4. The van der Waals surface area contributed by atoms with Gasteiger partial charge in [-0.2, -0.15) is 0 Å². The Morgan fingerprint density at radius 2 is 1.92 bits per heavy atom. The van der Waals surface area contributed by atoms with Crippen molar-refractivity contribution in [2.75, 3.05) is 5.32 Å². The van der Waals surface area contributed by atoms with Crippen LogP contribution < -0.4 is 10.6 Å². The van der Waals surface area contributed by atoms with E-state index < -0.39 is 0 Å². The molecule has 4 nitrogen and oxygen atoms in total. The summed E-state index contributed by atoms with van der Waals surface area (Å²) in [7, 11) is 0. The van der Waals surface area contributed by atoms with Gasteiger partial charge in [-0.05, 0) is 56.0 Å². The van der Waals surface area contributed by atoms with E-state index in [1.54, 1.807) is 6.20 Å². The second-order valence-electron chi connectivity index (χ2n) is 6.61. The van der Waals surface area contributed by atoms with Crippen molar-refractivity contribution in [3.8, 4) is 0 Å². The lowest BCUT2D eigenvalue weighted by Gasteiger charge is -2.22. The van der Waals surface area contributed by atoms with Crippen molar-refractivity contribution in [2.45, 2.75) is 52.0 Å². The van der Waals surface area contributed by atoms with Crippen LogP contribution in [0.4, 0.5) is 11.4 Å². The molecule has 0 bridgehead atoms. The highest BCUT2D eigenvalue weighted by molar-refractivity contribution is 5.93. The minimum atomic E-state index is -0.0773. The predicted octanol–water partition coefficient (Wildman–Crippen LogP) is 4.50. The van der Waals surface area contributed by atoms with E-state index >= 15 is 0 Å². The molecule has 0 radical (unpaired) electrons. The average Bonchev–Trinajstić information content (AvgIpc) is 2.60. The predicted molar refractivity (Wildman–Crippen MR) is 97.8 cm³/mol. The smallest absolute Gasteiger partial charge is 0.270 e. The van der Waals surface area contributed by atoms with Crippen LogP contribution in [-0.2, 0) is 0 Å². The topological polar surface area (TPSA) is 54.0 Å². The Morgan fingerprint density at radius 1 is 1.12 bits per heavy atom. The van der Waals surface area contributed by atoms with Crippen LogP contribution in [0.25, 0.3) is 0 Å². The number of nitrogens with zero attached hydrogens (tertiary/aromatic N) is 1. The summed E-state index contributed by atoms with van der Waals surface area (Å²) in [6, 6.07) is 10.2. The van der Waals surface area contributed by atoms with E-state index in [1.165, 1.54) is 30.4 Å². The van der Waals surface area contributed by atoms with Crippen molar-refractivity contribution in [3.05, 3.63) is 53.3 Å². The van der Waals surface area contributed by atoms with Gasteiger partial charge in [0.05, 0.1) is 0 Å². The van der Waals surface area contributed by atoms with E-state index in [1.807, 2.05) is 24.3 Å². The summed E-state index contributed by atoms with van der Waals surface area (Å²) >= 11 is 0. The Kier molecular flexibility index (Phi) is 5.14. The molecule has 0 spiro atoms. The Bertz CT molecular complexity index is 721. The van der Waals surface area contributed by atoms with Gasteiger partial charge in [0.2, 0.25) is 0 Å². The lowest BCUT2D eigenvalue weighted by molar-refractivity contribution is 0.0922. The number of carbonyl (C=O) groups excluding carboxylic acids is 1. The zero-order chi connectivity index (χ0) is 16.9. The van der Waals surface area contributed by atoms with Gasteiger partial charge in [0.25, 0.3) is 5.91 Å². The van der Waals surface area contributed by atoms with Crippen molar-refractivity contribution >= 4 is 17.3 Å². The molecule has 2 aromatic rings. The number of aryl methyl sites for hydroxylation is 1. The van der Waals surface area contributed by atoms with E-state index in [0.29, 0.717) is 11.7 Å². The van der Waals surface area contributed by atoms with Crippen LogP contribution in [0.3, 0.4) is 0 Å². The molecule has 2 N–H and O–H groups in total. The average molecular weight is 323 g/mol. The van der Waals surface area contributed by atoms with Crippen LogP contribution in [-0.4, -0.2) is 16.9 Å². The first kappa shape index (κ1) is 16.5. The van der Waals surface area contributed by atoms with Gasteiger partial charge in [-0.15, -0.1) is 0 Å². The molecule has 126 valence electrons. The molecule has 1 aliphatic rings. The lowest BCUT2D eigenvalue weighted by atomic mass is 9.95. The van der Waals surface area contributed by atoms with Crippen LogP contribution >= 0.6 is 0 Å². The van der Waals surface area contributed by atoms with E-state index in [9.17, 15) is 4.79 Å².